The number of carbonyl (C=O) groups excluding carboxylic acids is 1. The van der Waals surface area contributed by atoms with Gasteiger partial charge in [0.2, 0.25) is 0 Å². The average Bonchev–Trinajstić information content (AvgIpc) is 2.47. The van der Waals surface area contributed by atoms with Crippen LogP contribution in [-0.4, -0.2) is 12.4 Å². The molecule has 0 aliphatic carbocycles. The van der Waals surface area contributed by atoms with E-state index in [4.69, 9.17) is 4.74 Å². The first kappa shape index (κ1) is 15.6. The first-order chi connectivity index (χ1) is 9.36. The van der Waals surface area contributed by atoms with E-state index in [0.29, 0.717) is 13.0 Å². The van der Waals surface area contributed by atoms with E-state index in [-0.39, 0.29) is 6.10 Å². The number of allylic oxidation sites excluding steroid dienone is 1. The lowest BCUT2D eigenvalue weighted by molar-refractivity contribution is -0.118. The molecule has 1 aromatic carbocycles. The summed E-state index contributed by atoms with van der Waals surface area (Å²) in [4.78, 5) is 10.9. The van der Waals surface area contributed by atoms with Crippen molar-refractivity contribution in [3.8, 4) is 0 Å². The van der Waals surface area contributed by atoms with Crippen LogP contribution in [0.2, 0.25) is 0 Å². The van der Waals surface area contributed by atoms with Crippen LogP contribution in [-0.2, 0) is 16.1 Å². The van der Waals surface area contributed by atoms with Gasteiger partial charge < -0.3 is 9.53 Å². The number of ether oxygens (including phenoxy) is 1. The Bertz CT molecular complexity index is 357. The molecule has 0 aliphatic rings. The van der Waals surface area contributed by atoms with Crippen molar-refractivity contribution in [2.24, 2.45) is 0 Å². The van der Waals surface area contributed by atoms with Crippen LogP contribution in [0.15, 0.2) is 42.5 Å². The van der Waals surface area contributed by atoms with Crippen LogP contribution in [0.25, 0.3) is 0 Å². The van der Waals surface area contributed by atoms with E-state index in [0.717, 1.165) is 18.3 Å². The van der Waals surface area contributed by atoms with Crippen molar-refractivity contribution in [1.82, 2.24) is 0 Å². The Morgan fingerprint density at radius 3 is 2.63 bits per heavy atom. The Balaban J connectivity index is 2.20. The molecular formula is C17H24O2. The molecular weight excluding hydrogens is 236 g/mol. The maximum absolute atomic E-state index is 10.9. The lowest BCUT2D eigenvalue weighted by atomic mass is 10.1. The van der Waals surface area contributed by atoms with Gasteiger partial charge in [-0.2, -0.15) is 0 Å². The summed E-state index contributed by atoms with van der Waals surface area (Å²) in [5, 5.41) is 0. The van der Waals surface area contributed by atoms with Crippen LogP contribution >= 0.6 is 0 Å². The zero-order chi connectivity index (χ0) is 13.8. The van der Waals surface area contributed by atoms with Crippen molar-refractivity contribution in [1.29, 1.82) is 0 Å². The number of benzene rings is 1. The van der Waals surface area contributed by atoms with Crippen LogP contribution in [0.1, 0.15) is 44.6 Å². The second-order valence-corrected chi connectivity index (χ2v) is 4.67. The van der Waals surface area contributed by atoms with Crippen molar-refractivity contribution < 1.29 is 9.53 Å². The van der Waals surface area contributed by atoms with Gasteiger partial charge >= 0.3 is 0 Å². The highest BCUT2D eigenvalue weighted by atomic mass is 16.5. The number of carbonyl (C=O) groups is 1. The molecule has 0 saturated carbocycles. The van der Waals surface area contributed by atoms with Crippen LogP contribution in [0.3, 0.4) is 0 Å². The van der Waals surface area contributed by atoms with Gasteiger partial charge in [0.25, 0.3) is 0 Å². The molecule has 0 aromatic heterocycles. The van der Waals surface area contributed by atoms with Gasteiger partial charge in [-0.15, -0.1) is 0 Å². The first-order valence-electron chi connectivity index (χ1n) is 7.12. The largest absolute Gasteiger partial charge is 0.366 e. The minimum absolute atomic E-state index is 0.331. The molecule has 0 N–H and O–H groups in total. The topological polar surface area (TPSA) is 26.3 Å². The molecule has 1 rings (SSSR count). The summed E-state index contributed by atoms with van der Waals surface area (Å²) in [7, 11) is 0. The summed E-state index contributed by atoms with van der Waals surface area (Å²) in [5.41, 5.74) is 1.10. The fourth-order valence-corrected chi connectivity index (χ4v) is 1.80. The van der Waals surface area contributed by atoms with E-state index in [1.54, 1.807) is 0 Å². The monoisotopic (exact) mass is 260 g/mol. The van der Waals surface area contributed by atoms with E-state index in [1.165, 1.54) is 19.3 Å². The summed E-state index contributed by atoms with van der Waals surface area (Å²) in [5.74, 6) is 0. The second-order valence-electron chi connectivity index (χ2n) is 4.67. The van der Waals surface area contributed by atoms with E-state index in [2.05, 4.69) is 19.1 Å². The summed E-state index contributed by atoms with van der Waals surface area (Å²) >= 11 is 0. The Morgan fingerprint density at radius 1 is 1.16 bits per heavy atom. The zero-order valence-electron chi connectivity index (χ0n) is 11.8. The Morgan fingerprint density at radius 2 is 1.95 bits per heavy atom. The quantitative estimate of drug-likeness (QED) is 0.356. The lowest BCUT2D eigenvalue weighted by Crippen LogP contribution is -2.13. The predicted octanol–water partition coefficient (Wildman–Crippen LogP) is 4.30. The number of hydrogen-bond acceptors (Lipinski definition) is 2. The van der Waals surface area contributed by atoms with Crippen LogP contribution in [0.4, 0.5) is 0 Å². The SMILES string of the molecule is CCCCC/C=C\C[C@@H](C=O)OCc1ccccc1. The van der Waals surface area contributed by atoms with Crippen molar-refractivity contribution in [2.75, 3.05) is 0 Å². The minimum atomic E-state index is -0.331. The number of rotatable bonds is 10. The fourth-order valence-electron chi connectivity index (χ4n) is 1.80. The average molecular weight is 260 g/mol. The third-order valence-electron chi connectivity index (χ3n) is 2.97. The molecule has 0 saturated heterocycles. The lowest BCUT2D eigenvalue weighted by Gasteiger charge is -2.09. The maximum Gasteiger partial charge on any atom is 0.149 e. The van der Waals surface area contributed by atoms with Gasteiger partial charge in [0.1, 0.15) is 12.4 Å². The number of unbranched alkanes of at least 4 members (excludes halogenated alkanes) is 3. The normalized spacial score (nSPS) is 12.7. The molecule has 2 heteroatoms. The van der Waals surface area contributed by atoms with E-state index in [9.17, 15) is 4.79 Å². The van der Waals surface area contributed by atoms with Crippen molar-refractivity contribution in [3.63, 3.8) is 0 Å². The summed E-state index contributed by atoms with van der Waals surface area (Å²) in [6.07, 6.45) is 10.3. The second kappa shape index (κ2) is 10.5. The van der Waals surface area contributed by atoms with Crippen molar-refractivity contribution in [3.05, 3.63) is 48.0 Å². The van der Waals surface area contributed by atoms with Crippen molar-refractivity contribution >= 4 is 6.29 Å². The Hall–Kier alpha value is -1.41. The van der Waals surface area contributed by atoms with Gasteiger partial charge in [0.05, 0.1) is 6.61 Å². The molecule has 0 amide bonds. The molecule has 2 nitrogen and oxygen atoms in total. The highest BCUT2D eigenvalue weighted by molar-refractivity contribution is 5.56. The predicted molar refractivity (Wildman–Crippen MR) is 79.0 cm³/mol. The molecule has 0 heterocycles. The molecule has 0 spiro atoms. The molecule has 0 unspecified atom stereocenters. The third kappa shape index (κ3) is 7.58. The molecule has 0 radical (unpaired) electrons. The number of hydrogen-bond donors (Lipinski definition) is 0. The zero-order valence-corrected chi connectivity index (χ0v) is 11.8. The van der Waals surface area contributed by atoms with E-state index >= 15 is 0 Å². The minimum Gasteiger partial charge on any atom is -0.366 e. The third-order valence-corrected chi connectivity index (χ3v) is 2.97. The van der Waals surface area contributed by atoms with Gasteiger partial charge in [-0.25, -0.2) is 0 Å². The summed E-state index contributed by atoms with van der Waals surface area (Å²) < 4.78 is 5.59. The summed E-state index contributed by atoms with van der Waals surface area (Å²) in [6, 6.07) is 9.93. The maximum atomic E-state index is 10.9. The van der Waals surface area contributed by atoms with Crippen molar-refractivity contribution in [2.45, 2.75) is 51.7 Å². The number of aldehydes is 1. The fraction of sp³-hybridized carbons (Fsp3) is 0.471. The van der Waals surface area contributed by atoms with Gasteiger partial charge in [0.15, 0.2) is 0 Å². The van der Waals surface area contributed by atoms with Crippen LogP contribution in [0.5, 0.6) is 0 Å². The first-order valence-corrected chi connectivity index (χ1v) is 7.12. The molecule has 0 aliphatic heterocycles. The molecule has 0 fully saturated rings. The Labute approximate surface area is 116 Å². The molecule has 0 bridgehead atoms. The smallest absolute Gasteiger partial charge is 0.149 e. The van der Waals surface area contributed by atoms with E-state index in [1.807, 2.05) is 30.3 Å². The van der Waals surface area contributed by atoms with Gasteiger partial charge in [-0.1, -0.05) is 62.2 Å². The van der Waals surface area contributed by atoms with Crippen LogP contribution < -0.4 is 0 Å². The molecule has 1 atom stereocenters. The van der Waals surface area contributed by atoms with Gasteiger partial charge in [0, 0.05) is 0 Å². The summed E-state index contributed by atoms with van der Waals surface area (Å²) in [6.45, 7) is 2.69. The molecule has 1 aromatic rings. The Kier molecular flexibility index (Phi) is 8.65. The standard InChI is InChI=1S/C17H24O2/c1-2-3-4-5-6-10-13-17(14-18)19-15-16-11-8-7-9-12-16/h6-12,14,17H,2-5,13,15H2,1H3/b10-6-/t17-/m0/s1. The highest BCUT2D eigenvalue weighted by Crippen LogP contribution is 2.06. The highest BCUT2D eigenvalue weighted by Gasteiger charge is 2.05. The van der Waals surface area contributed by atoms with Crippen LogP contribution in [0, 0.1) is 0 Å². The van der Waals surface area contributed by atoms with Gasteiger partial charge in [-0.3, -0.25) is 0 Å². The van der Waals surface area contributed by atoms with Gasteiger partial charge in [-0.05, 0) is 24.8 Å². The molecule has 19 heavy (non-hydrogen) atoms. The van der Waals surface area contributed by atoms with E-state index < -0.39 is 0 Å². The molecule has 104 valence electrons.